The maximum absolute atomic E-state index is 10.8. The molecule has 0 aliphatic heterocycles. The van der Waals surface area contributed by atoms with E-state index in [0.717, 1.165) is 0 Å². The van der Waals surface area contributed by atoms with E-state index in [2.05, 4.69) is 0 Å². The lowest BCUT2D eigenvalue weighted by atomic mass is 10.3. The minimum atomic E-state index is -0.368. The summed E-state index contributed by atoms with van der Waals surface area (Å²) in [5, 5.41) is 0. The highest BCUT2D eigenvalue weighted by Crippen LogP contribution is 1.89. The van der Waals surface area contributed by atoms with E-state index in [4.69, 9.17) is 14.2 Å². The van der Waals surface area contributed by atoms with Gasteiger partial charge in [0.05, 0.1) is 26.2 Å². The van der Waals surface area contributed by atoms with Crippen LogP contribution in [0, 0.1) is 0 Å². The normalized spacial score (nSPS) is 9.79. The van der Waals surface area contributed by atoms with Crippen molar-refractivity contribution in [3.63, 3.8) is 0 Å². The molecule has 0 heterocycles. The molecule has 0 aromatic heterocycles. The predicted molar refractivity (Wildman–Crippen MR) is 49.0 cm³/mol. The van der Waals surface area contributed by atoms with Gasteiger partial charge in [-0.05, 0) is 0 Å². The van der Waals surface area contributed by atoms with Gasteiger partial charge in [-0.3, -0.25) is 4.79 Å². The molecule has 0 saturated carbocycles. The Hall–Kier alpha value is -0.940. The topological polar surface area (TPSA) is 61.8 Å². The van der Waals surface area contributed by atoms with Crippen molar-refractivity contribution >= 4 is 12.3 Å². The van der Waals surface area contributed by atoms with E-state index in [1.807, 2.05) is 0 Å². The molecular weight excluding hydrogens is 188 g/mol. The van der Waals surface area contributed by atoms with Crippen LogP contribution in [0.25, 0.3) is 0 Å². The maximum Gasteiger partial charge on any atom is 0.306 e. The van der Waals surface area contributed by atoms with Gasteiger partial charge in [-0.25, -0.2) is 0 Å². The Bertz CT molecular complexity index is 157. The Morgan fingerprint density at radius 3 is 2.57 bits per heavy atom. The van der Waals surface area contributed by atoms with Crippen LogP contribution in [0.1, 0.15) is 12.8 Å². The van der Waals surface area contributed by atoms with Gasteiger partial charge in [0.15, 0.2) is 0 Å². The Morgan fingerprint density at radius 1 is 1.21 bits per heavy atom. The summed E-state index contributed by atoms with van der Waals surface area (Å²) in [4.78, 5) is 20.7. The molecule has 0 atom stereocenters. The fourth-order valence-corrected chi connectivity index (χ4v) is 0.708. The molecule has 0 bridgehead atoms. The van der Waals surface area contributed by atoms with Crippen LogP contribution in [-0.2, 0) is 23.8 Å². The average Bonchev–Trinajstić information content (AvgIpc) is 2.20. The molecule has 0 aromatic rings. The molecule has 0 amide bonds. The second-order valence-corrected chi connectivity index (χ2v) is 2.53. The fraction of sp³-hybridized carbons (Fsp3) is 0.778. The van der Waals surface area contributed by atoms with Gasteiger partial charge >= 0.3 is 5.97 Å². The number of rotatable bonds is 9. The number of hydrogen-bond acceptors (Lipinski definition) is 5. The molecule has 0 radical (unpaired) electrons. The minimum Gasteiger partial charge on any atom is -0.463 e. The number of esters is 1. The first-order chi connectivity index (χ1) is 6.81. The zero-order valence-electron chi connectivity index (χ0n) is 8.36. The second-order valence-electron chi connectivity index (χ2n) is 2.53. The van der Waals surface area contributed by atoms with Crippen LogP contribution in [0.4, 0.5) is 0 Å². The molecule has 82 valence electrons. The van der Waals surface area contributed by atoms with Crippen molar-refractivity contribution < 1.29 is 23.8 Å². The molecule has 5 heteroatoms. The van der Waals surface area contributed by atoms with Crippen molar-refractivity contribution in [2.75, 3.05) is 33.5 Å². The number of methoxy groups -OCH3 is 1. The quantitative estimate of drug-likeness (QED) is 0.304. The third-order valence-corrected chi connectivity index (χ3v) is 1.39. The zero-order chi connectivity index (χ0) is 10.6. The first-order valence-corrected chi connectivity index (χ1v) is 4.47. The number of hydrogen-bond donors (Lipinski definition) is 0. The van der Waals surface area contributed by atoms with Gasteiger partial charge in [0.2, 0.25) is 0 Å². The molecule has 0 aromatic carbocycles. The molecule has 0 rings (SSSR count). The van der Waals surface area contributed by atoms with E-state index < -0.39 is 0 Å². The number of carbonyl (C=O) groups excluding carboxylic acids is 2. The lowest BCUT2D eigenvalue weighted by Crippen LogP contribution is -2.12. The maximum atomic E-state index is 10.8. The second kappa shape index (κ2) is 10.1. The highest BCUT2D eigenvalue weighted by Gasteiger charge is 2.00. The molecule has 0 unspecified atom stereocenters. The Kier molecular flexibility index (Phi) is 9.46. The van der Waals surface area contributed by atoms with Crippen LogP contribution in [0.2, 0.25) is 0 Å². The van der Waals surface area contributed by atoms with Crippen LogP contribution in [0.15, 0.2) is 0 Å². The van der Waals surface area contributed by atoms with E-state index in [0.29, 0.717) is 26.1 Å². The summed E-state index contributed by atoms with van der Waals surface area (Å²) in [6.07, 6.45) is 1.04. The van der Waals surface area contributed by atoms with Crippen LogP contribution < -0.4 is 0 Å². The van der Waals surface area contributed by atoms with Crippen molar-refractivity contribution in [1.82, 2.24) is 0 Å². The standard InChI is InChI=1S/C9H16O5/c1-12-5-6-13-7-8-14-9(11)3-2-4-10/h4H,2-3,5-8H2,1H3. The molecule has 0 spiro atoms. The summed E-state index contributed by atoms with van der Waals surface area (Å²) in [7, 11) is 1.59. The average molecular weight is 204 g/mol. The smallest absolute Gasteiger partial charge is 0.306 e. The van der Waals surface area contributed by atoms with Crippen molar-refractivity contribution in [3.8, 4) is 0 Å². The summed E-state index contributed by atoms with van der Waals surface area (Å²) < 4.78 is 14.6. The molecule has 0 aliphatic carbocycles. The third kappa shape index (κ3) is 9.15. The van der Waals surface area contributed by atoms with Gasteiger partial charge in [0, 0.05) is 13.5 Å². The van der Waals surface area contributed by atoms with Crippen molar-refractivity contribution in [1.29, 1.82) is 0 Å². The Labute approximate surface area is 83.3 Å². The number of aldehydes is 1. The summed E-state index contributed by atoms with van der Waals surface area (Å²) in [5.74, 6) is -0.368. The molecule has 5 nitrogen and oxygen atoms in total. The first kappa shape index (κ1) is 13.1. The SMILES string of the molecule is COCCOCCOC(=O)CCC=O. The molecule has 0 fully saturated rings. The lowest BCUT2D eigenvalue weighted by Gasteiger charge is -2.04. The van der Waals surface area contributed by atoms with Crippen molar-refractivity contribution in [2.24, 2.45) is 0 Å². The molecular formula is C9H16O5. The summed E-state index contributed by atoms with van der Waals surface area (Å²) in [5.41, 5.74) is 0. The summed E-state index contributed by atoms with van der Waals surface area (Å²) >= 11 is 0. The number of carbonyl (C=O) groups is 2. The largest absolute Gasteiger partial charge is 0.463 e. The summed E-state index contributed by atoms with van der Waals surface area (Å²) in [6.45, 7) is 1.60. The highest BCUT2D eigenvalue weighted by atomic mass is 16.6. The lowest BCUT2D eigenvalue weighted by molar-refractivity contribution is -0.145. The molecule has 14 heavy (non-hydrogen) atoms. The van der Waals surface area contributed by atoms with E-state index in [9.17, 15) is 9.59 Å². The Balaban J connectivity index is 3.10. The van der Waals surface area contributed by atoms with E-state index in [-0.39, 0.29) is 25.4 Å². The van der Waals surface area contributed by atoms with Gasteiger partial charge in [-0.15, -0.1) is 0 Å². The van der Waals surface area contributed by atoms with Gasteiger partial charge in [-0.2, -0.15) is 0 Å². The van der Waals surface area contributed by atoms with E-state index in [1.54, 1.807) is 7.11 Å². The zero-order valence-corrected chi connectivity index (χ0v) is 8.36. The van der Waals surface area contributed by atoms with Crippen LogP contribution in [0.3, 0.4) is 0 Å². The summed E-state index contributed by atoms with van der Waals surface area (Å²) in [6, 6.07) is 0. The van der Waals surface area contributed by atoms with Crippen molar-refractivity contribution in [2.45, 2.75) is 12.8 Å². The van der Waals surface area contributed by atoms with Crippen molar-refractivity contribution in [3.05, 3.63) is 0 Å². The van der Waals surface area contributed by atoms with Crippen LogP contribution in [0.5, 0.6) is 0 Å². The Morgan fingerprint density at radius 2 is 1.93 bits per heavy atom. The molecule has 0 N–H and O–H groups in total. The third-order valence-electron chi connectivity index (χ3n) is 1.39. The highest BCUT2D eigenvalue weighted by molar-refractivity contribution is 5.72. The van der Waals surface area contributed by atoms with Crippen LogP contribution >= 0.6 is 0 Å². The van der Waals surface area contributed by atoms with E-state index in [1.165, 1.54) is 0 Å². The van der Waals surface area contributed by atoms with Gasteiger partial charge in [0.1, 0.15) is 12.9 Å². The fourth-order valence-electron chi connectivity index (χ4n) is 0.708. The molecule has 0 saturated heterocycles. The van der Waals surface area contributed by atoms with Gasteiger partial charge in [0.25, 0.3) is 0 Å². The monoisotopic (exact) mass is 204 g/mol. The molecule has 0 aliphatic rings. The van der Waals surface area contributed by atoms with Crippen LogP contribution in [-0.4, -0.2) is 45.8 Å². The first-order valence-electron chi connectivity index (χ1n) is 4.47. The van der Waals surface area contributed by atoms with Gasteiger partial charge < -0.3 is 19.0 Å². The predicted octanol–water partition coefficient (Wildman–Crippen LogP) is 0.172. The van der Waals surface area contributed by atoms with E-state index >= 15 is 0 Å². The minimum absolute atomic E-state index is 0.140. The number of ether oxygens (including phenoxy) is 3. The van der Waals surface area contributed by atoms with Gasteiger partial charge in [-0.1, -0.05) is 0 Å².